The third-order valence-electron chi connectivity index (χ3n) is 6.44. The number of nitrogens with zero attached hydrogens (tertiary/aromatic N) is 4. The van der Waals surface area contributed by atoms with Gasteiger partial charge in [-0.3, -0.25) is 9.97 Å². The lowest BCUT2D eigenvalue weighted by atomic mass is 9.96. The Morgan fingerprint density at radius 1 is 1.03 bits per heavy atom. The molecular weight excluding hydrogens is 422 g/mol. The second-order valence-corrected chi connectivity index (χ2v) is 9.04. The highest BCUT2D eigenvalue weighted by atomic mass is 16.4. The SMILES string of the molecule is Cc1cc([C@@H](C)Nc2ccccc2-c2nnco2)c2cc(-c3ccnc(C4CC4)c3)ncc2c1. The molecule has 34 heavy (non-hydrogen) atoms. The average molecular weight is 448 g/mol. The van der Waals surface area contributed by atoms with Crippen molar-refractivity contribution in [3.63, 3.8) is 0 Å². The Bertz CT molecular complexity index is 1470. The Hall–Kier alpha value is -4.06. The van der Waals surface area contributed by atoms with Crippen LogP contribution in [0.1, 0.15) is 48.5 Å². The second kappa shape index (κ2) is 8.37. The van der Waals surface area contributed by atoms with E-state index in [9.17, 15) is 0 Å². The summed E-state index contributed by atoms with van der Waals surface area (Å²) in [5.74, 6) is 1.11. The highest BCUT2D eigenvalue weighted by Crippen LogP contribution is 2.40. The number of aryl methyl sites for hydroxylation is 1. The van der Waals surface area contributed by atoms with Gasteiger partial charge in [-0.05, 0) is 74.0 Å². The fourth-order valence-electron chi connectivity index (χ4n) is 4.56. The number of para-hydroxylation sites is 1. The number of anilines is 1. The minimum Gasteiger partial charge on any atom is -0.423 e. The van der Waals surface area contributed by atoms with Crippen LogP contribution >= 0.6 is 0 Å². The summed E-state index contributed by atoms with van der Waals surface area (Å²) in [6.45, 7) is 4.30. The van der Waals surface area contributed by atoms with Gasteiger partial charge in [0.05, 0.1) is 11.3 Å². The van der Waals surface area contributed by atoms with Crippen LogP contribution in [0.3, 0.4) is 0 Å². The van der Waals surface area contributed by atoms with Gasteiger partial charge in [0.1, 0.15) is 0 Å². The van der Waals surface area contributed by atoms with Crippen LogP contribution in [0.5, 0.6) is 0 Å². The van der Waals surface area contributed by atoms with Crippen molar-refractivity contribution in [1.82, 2.24) is 20.2 Å². The summed E-state index contributed by atoms with van der Waals surface area (Å²) >= 11 is 0. The van der Waals surface area contributed by atoms with Gasteiger partial charge in [0, 0.05) is 46.7 Å². The summed E-state index contributed by atoms with van der Waals surface area (Å²) in [5, 5.41) is 13.9. The van der Waals surface area contributed by atoms with Crippen LogP contribution in [0, 0.1) is 6.92 Å². The lowest BCUT2D eigenvalue weighted by Crippen LogP contribution is -2.09. The molecule has 1 fully saturated rings. The molecule has 3 aromatic heterocycles. The van der Waals surface area contributed by atoms with E-state index in [0.29, 0.717) is 11.8 Å². The van der Waals surface area contributed by atoms with Gasteiger partial charge in [0.15, 0.2) is 0 Å². The molecule has 3 heterocycles. The number of nitrogens with one attached hydrogen (secondary N) is 1. The second-order valence-electron chi connectivity index (χ2n) is 9.04. The zero-order valence-electron chi connectivity index (χ0n) is 19.2. The summed E-state index contributed by atoms with van der Waals surface area (Å²) in [6.07, 6.45) is 7.71. The van der Waals surface area contributed by atoms with Crippen molar-refractivity contribution in [1.29, 1.82) is 0 Å². The molecule has 1 aliphatic rings. The molecule has 0 amide bonds. The Balaban J connectivity index is 1.40. The van der Waals surface area contributed by atoms with Crippen LogP contribution in [-0.2, 0) is 0 Å². The minimum atomic E-state index is 0.0428. The van der Waals surface area contributed by atoms with Crippen LogP contribution in [0.15, 0.2) is 77.8 Å². The molecule has 0 bridgehead atoms. The minimum absolute atomic E-state index is 0.0428. The number of hydrogen-bond acceptors (Lipinski definition) is 6. The number of hydrogen-bond donors (Lipinski definition) is 1. The fraction of sp³-hybridized carbons (Fsp3) is 0.214. The Labute approximate surface area is 198 Å². The van der Waals surface area contributed by atoms with E-state index in [1.165, 1.54) is 41.4 Å². The quantitative estimate of drug-likeness (QED) is 0.312. The van der Waals surface area contributed by atoms with Crippen LogP contribution in [-0.4, -0.2) is 20.2 Å². The first kappa shape index (κ1) is 20.5. The molecule has 5 aromatic rings. The number of fused-ring (bicyclic) bond motifs is 1. The average Bonchev–Trinajstić information content (AvgIpc) is 3.58. The summed E-state index contributed by atoms with van der Waals surface area (Å²) in [7, 11) is 0. The van der Waals surface area contributed by atoms with E-state index < -0.39 is 0 Å². The number of pyridine rings is 2. The van der Waals surface area contributed by atoms with Crippen LogP contribution in [0.4, 0.5) is 5.69 Å². The lowest BCUT2D eigenvalue weighted by molar-refractivity contribution is 0.569. The smallest absolute Gasteiger partial charge is 0.249 e. The van der Waals surface area contributed by atoms with E-state index in [-0.39, 0.29) is 6.04 Å². The van der Waals surface area contributed by atoms with Gasteiger partial charge in [0.25, 0.3) is 0 Å². The maximum atomic E-state index is 5.46. The van der Waals surface area contributed by atoms with Gasteiger partial charge in [0.2, 0.25) is 12.3 Å². The predicted molar refractivity (Wildman–Crippen MR) is 133 cm³/mol. The zero-order valence-corrected chi connectivity index (χ0v) is 19.2. The van der Waals surface area contributed by atoms with Gasteiger partial charge in [-0.2, -0.15) is 0 Å². The normalized spacial score (nSPS) is 14.3. The molecular formula is C28H25N5O. The van der Waals surface area contributed by atoms with Crippen molar-refractivity contribution in [3.8, 4) is 22.7 Å². The highest BCUT2D eigenvalue weighted by molar-refractivity contribution is 5.89. The maximum Gasteiger partial charge on any atom is 0.249 e. The van der Waals surface area contributed by atoms with Crippen LogP contribution in [0.2, 0.25) is 0 Å². The Kier molecular flexibility index (Phi) is 5.06. The van der Waals surface area contributed by atoms with Crippen molar-refractivity contribution in [2.45, 2.75) is 38.6 Å². The third-order valence-corrected chi connectivity index (χ3v) is 6.44. The molecule has 2 aromatic carbocycles. The molecule has 1 N–H and O–H groups in total. The molecule has 168 valence electrons. The predicted octanol–water partition coefficient (Wildman–Crippen LogP) is 6.71. The van der Waals surface area contributed by atoms with E-state index in [1.807, 2.05) is 36.7 Å². The highest BCUT2D eigenvalue weighted by Gasteiger charge is 2.25. The van der Waals surface area contributed by atoms with Gasteiger partial charge >= 0.3 is 0 Å². The lowest BCUT2D eigenvalue weighted by Gasteiger charge is -2.20. The summed E-state index contributed by atoms with van der Waals surface area (Å²) < 4.78 is 5.46. The van der Waals surface area contributed by atoms with E-state index in [0.717, 1.165) is 27.9 Å². The van der Waals surface area contributed by atoms with Gasteiger partial charge < -0.3 is 9.73 Å². The molecule has 0 spiro atoms. The molecule has 6 heteroatoms. The van der Waals surface area contributed by atoms with Crippen molar-refractivity contribution in [2.75, 3.05) is 5.32 Å². The van der Waals surface area contributed by atoms with Crippen LogP contribution < -0.4 is 5.32 Å². The summed E-state index contributed by atoms with van der Waals surface area (Å²) in [6, 6.07) is 18.9. The van der Waals surface area contributed by atoms with Crippen molar-refractivity contribution in [2.24, 2.45) is 0 Å². The third kappa shape index (κ3) is 3.92. The molecule has 6 rings (SSSR count). The molecule has 6 nitrogen and oxygen atoms in total. The number of aromatic nitrogens is 4. The first-order chi connectivity index (χ1) is 16.7. The monoisotopic (exact) mass is 447 g/mol. The first-order valence-corrected chi connectivity index (χ1v) is 11.6. The molecule has 0 aliphatic heterocycles. The van der Waals surface area contributed by atoms with Gasteiger partial charge in [-0.25, -0.2) is 0 Å². The standard InChI is InChI=1S/C28H25N5O/c1-17-11-21-15-30-27(20-9-10-29-26(13-20)19-7-8-19)14-24(21)23(12-17)18(2)32-25-6-4-3-5-22(25)28-33-31-16-34-28/h3-6,9-16,18-19,32H,7-8H2,1-2H3/t18-/m1/s1. The zero-order chi connectivity index (χ0) is 23.1. The number of benzene rings is 2. The van der Waals surface area contributed by atoms with Gasteiger partial charge in [-0.1, -0.05) is 23.8 Å². The molecule has 1 aliphatic carbocycles. The maximum absolute atomic E-state index is 5.46. The van der Waals surface area contributed by atoms with E-state index in [2.05, 4.69) is 64.7 Å². The van der Waals surface area contributed by atoms with Crippen molar-refractivity contribution in [3.05, 3.63) is 90.2 Å². The molecule has 0 radical (unpaired) electrons. The van der Waals surface area contributed by atoms with Crippen molar-refractivity contribution >= 4 is 16.5 Å². The summed E-state index contributed by atoms with van der Waals surface area (Å²) in [5.41, 5.74) is 7.53. The van der Waals surface area contributed by atoms with E-state index in [1.54, 1.807) is 0 Å². The molecule has 0 saturated heterocycles. The Morgan fingerprint density at radius 3 is 2.74 bits per heavy atom. The van der Waals surface area contributed by atoms with E-state index in [4.69, 9.17) is 9.40 Å². The molecule has 1 atom stereocenters. The number of rotatable bonds is 6. The molecule has 0 unspecified atom stereocenters. The first-order valence-electron chi connectivity index (χ1n) is 11.6. The molecule has 1 saturated carbocycles. The van der Waals surface area contributed by atoms with E-state index >= 15 is 0 Å². The Morgan fingerprint density at radius 2 is 1.91 bits per heavy atom. The topological polar surface area (TPSA) is 76.7 Å². The largest absolute Gasteiger partial charge is 0.423 e. The summed E-state index contributed by atoms with van der Waals surface area (Å²) in [4.78, 5) is 9.36. The van der Waals surface area contributed by atoms with Crippen LogP contribution in [0.25, 0.3) is 33.5 Å². The van der Waals surface area contributed by atoms with Crippen molar-refractivity contribution < 1.29 is 4.42 Å². The van der Waals surface area contributed by atoms with Gasteiger partial charge in [-0.15, -0.1) is 10.2 Å². The fourth-order valence-corrected chi connectivity index (χ4v) is 4.56.